The summed E-state index contributed by atoms with van der Waals surface area (Å²) in [7, 11) is 0. The Morgan fingerprint density at radius 2 is 1.94 bits per heavy atom. The molecule has 0 aromatic rings. The summed E-state index contributed by atoms with van der Waals surface area (Å²) in [6.07, 6.45) is 3.35. The highest BCUT2D eigenvalue weighted by molar-refractivity contribution is 5.78. The van der Waals surface area contributed by atoms with Crippen LogP contribution in [0.1, 0.15) is 53.9 Å². The second kappa shape index (κ2) is 6.42. The summed E-state index contributed by atoms with van der Waals surface area (Å²) in [5, 5.41) is 0. The normalized spacial score (nSPS) is 27.3. The van der Waals surface area contributed by atoms with Crippen LogP contribution in [0.25, 0.3) is 0 Å². The Labute approximate surface area is 107 Å². The van der Waals surface area contributed by atoms with Crippen molar-refractivity contribution in [1.29, 1.82) is 0 Å². The van der Waals surface area contributed by atoms with Crippen LogP contribution in [0.5, 0.6) is 0 Å². The lowest BCUT2D eigenvalue weighted by molar-refractivity contribution is -0.138. The van der Waals surface area contributed by atoms with Crippen LogP contribution in [-0.2, 0) is 4.79 Å². The number of nitrogens with zero attached hydrogens (tertiary/aromatic N) is 1. The number of hydrogen-bond acceptors (Lipinski definition) is 1. The highest BCUT2D eigenvalue weighted by Crippen LogP contribution is 2.32. The van der Waals surface area contributed by atoms with Gasteiger partial charge in [-0.2, -0.15) is 0 Å². The highest BCUT2D eigenvalue weighted by atomic mass is 16.2. The molecule has 0 spiro atoms. The molecular formula is C15H29NO. The summed E-state index contributed by atoms with van der Waals surface area (Å²) in [6.45, 7) is 13.0. The molecule has 2 heteroatoms. The van der Waals surface area contributed by atoms with Gasteiger partial charge in [0, 0.05) is 19.0 Å². The highest BCUT2D eigenvalue weighted by Gasteiger charge is 2.32. The number of amides is 1. The topological polar surface area (TPSA) is 20.3 Å². The zero-order valence-corrected chi connectivity index (χ0v) is 12.2. The summed E-state index contributed by atoms with van der Waals surface area (Å²) >= 11 is 0. The van der Waals surface area contributed by atoms with Crippen molar-refractivity contribution < 1.29 is 4.79 Å². The first-order chi connectivity index (χ1) is 8.01. The van der Waals surface area contributed by atoms with Crippen LogP contribution in [0.2, 0.25) is 0 Å². The Kier molecular flexibility index (Phi) is 5.48. The van der Waals surface area contributed by atoms with E-state index in [1.165, 1.54) is 12.8 Å². The summed E-state index contributed by atoms with van der Waals surface area (Å²) in [5.41, 5.74) is 0. The van der Waals surface area contributed by atoms with Crippen molar-refractivity contribution in [3.63, 3.8) is 0 Å². The van der Waals surface area contributed by atoms with E-state index in [9.17, 15) is 4.79 Å². The van der Waals surface area contributed by atoms with Crippen LogP contribution < -0.4 is 0 Å². The molecule has 1 fully saturated rings. The van der Waals surface area contributed by atoms with Crippen LogP contribution >= 0.6 is 0 Å². The van der Waals surface area contributed by atoms with Crippen LogP contribution in [0, 0.1) is 23.7 Å². The van der Waals surface area contributed by atoms with Gasteiger partial charge in [0.1, 0.15) is 0 Å². The molecule has 1 aliphatic rings. The van der Waals surface area contributed by atoms with Gasteiger partial charge in [-0.3, -0.25) is 4.79 Å². The molecule has 0 saturated carbocycles. The molecule has 2 nitrogen and oxygen atoms in total. The molecule has 0 aromatic heterocycles. The SMILES string of the molecule is CCC(C)C(=O)N1CCC(C(C)C)C(CC)C1. The third kappa shape index (κ3) is 3.46. The molecular weight excluding hydrogens is 210 g/mol. The minimum Gasteiger partial charge on any atom is -0.342 e. The van der Waals surface area contributed by atoms with Crippen LogP contribution in [0.4, 0.5) is 0 Å². The molecule has 0 radical (unpaired) electrons. The van der Waals surface area contributed by atoms with E-state index in [2.05, 4.69) is 39.5 Å². The first-order valence-corrected chi connectivity index (χ1v) is 7.29. The maximum atomic E-state index is 12.2. The Balaban J connectivity index is 2.62. The van der Waals surface area contributed by atoms with Crippen molar-refractivity contribution in [3.8, 4) is 0 Å². The average Bonchev–Trinajstić information content (AvgIpc) is 2.35. The summed E-state index contributed by atoms with van der Waals surface area (Å²) in [6, 6.07) is 0. The molecule has 1 heterocycles. The van der Waals surface area contributed by atoms with Gasteiger partial charge in [-0.15, -0.1) is 0 Å². The zero-order chi connectivity index (χ0) is 13.0. The van der Waals surface area contributed by atoms with Gasteiger partial charge in [-0.25, -0.2) is 0 Å². The van der Waals surface area contributed by atoms with Crippen molar-refractivity contribution in [2.75, 3.05) is 13.1 Å². The Morgan fingerprint density at radius 1 is 1.29 bits per heavy atom. The van der Waals surface area contributed by atoms with E-state index < -0.39 is 0 Å². The molecule has 1 amide bonds. The molecule has 0 aromatic carbocycles. The van der Waals surface area contributed by atoms with Crippen molar-refractivity contribution in [1.82, 2.24) is 4.90 Å². The molecule has 1 aliphatic heterocycles. The first kappa shape index (κ1) is 14.5. The monoisotopic (exact) mass is 239 g/mol. The fourth-order valence-electron chi connectivity index (χ4n) is 3.05. The third-order valence-electron chi connectivity index (χ3n) is 4.52. The van der Waals surface area contributed by atoms with Gasteiger partial charge >= 0.3 is 0 Å². The van der Waals surface area contributed by atoms with E-state index in [0.717, 1.165) is 31.3 Å². The quantitative estimate of drug-likeness (QED) is 0.734. The molecule has 1 rings (SSSR count). The maximum Gasteiger partial charge on any atom is 0.225 e. The van der Waals surface area contributed by atoms with Crippen LogP contribution in [0.15, 0.2) is 0 Å². The first-order valence-electron chi connectivity index (χ1n) is 7.29. The predicted octanol–water partition coefficient (Wildman–Crippen LogP) is 3.56. The lowest BCUT2D eigenvalue weighted by atomic mass is 9.76. The Morgan fingerprint density at radius 3 is 2.41 bits per heavy atom. The van der Waals surface area contributed by atoms with E-state index in [1.54, 1.807) is 0 Å². The fraction of sp³-hybridized carbons (Fsp3) is 0.933. The van der Waals surface area contributed by atoms with Crippen molar-refractivity contribution in [2.45, 2.75) is 53.9 Å². The van der Waals surface area contributed by atoms with Crippen molar-refractivity contribution in [3.05, 3.63) is 0 Å². The predicted molar refractivity (Wildman–Crippen MR) is 72.8 cm³/mol. The van der Waals surface area contributed by atoms with E-state index >= 15 is 0 Å². The number of piperidine rings is 1. The van der Waals surface area contributed by atoms with E-state index in [-0.39, 0.29) is 5.92 Å². The summed E-state index contributed by atoms with van der Waals surface area (Å²) in [4.78, 5) is 14.3. The van der Waals surface area contributed by atoms with Crippen molar-refractivity contribution in [2.24, 2.45) is 23.7 Å². The molecule has 100 valence electrons. The largest absolute Gasteiger partial charge is 0.342 e. The molecule has 1 saturated heterocycles. The number of carbonyl (C=O) groups excluding carboxylic acids is 1. The standard InChI is InChI=1S/C15H29NO/c1-6-12(5)15(17)16-9-8-14(11(3)4)13(7-2)10-16/h11-14H,6-10H2,1-5H3. The Hall–Kier alpha value is -0.530. The number of likely N-dealkylation sites (tertiary alicyclic amines) is 1. The minimum atomic E-state index is 0.197. The lowest BCUT2D eigenvalue weighted by Crippen LogP contribution is -2.46. The zero-order valence-electron chi connectivity index (χ0n) is 12.2. The summed E-state index contributed by atoms with van der Waals surface area (Å²) in [5.74, 6) is 2.83. The van der Waals surface area contributed by atoms with E-state index in [1.807, 2.05) is 0 Å². The van der Waals surface area contributed by atoms with Gasteiger partial charge in [0.05, 0.1) is 0 Å². The van der Waals surface area contributed by atoms with Crippen molar-refractivity contribution >= 4 is 5.91 Å². The van der Waals surface area contributed by atoms with Gasteiger partial charge < -0.3 is 4.90 Å². The fourth-order valence-corrected chi connectivity index (χ4v) is 3.05. The third-order valence-corrected chi connectivity index (χ3v) is 4.52. The van der Waals surface area contributed by atoms with E-state index in [0.29, 0.717) is 11.8 Å². The number of hydrogen-bond donors (Lipinski definition) is 0. The average molecular weight is 239 g/mol. The van der Waals surface area contributed by atoms with Gasteiger partial charge in [-0.1, -0.05) is 41.0 Å². The van der Waals surface area contributed by atoms with Crippen LogP contribution in [-0.4, -0.2) is 23.9 Å². The van der Waals surface area contributed by atoms with Gasteiger partial charge in [-0.05, 0) is 30.6 Å². The number of rotatable bonds is 4. The van der Waals surface area contributed by atoms with Gasteiger partial charge in [0.15, 0.2) is 0 Å². The number of carbonyl (C=O) groups is 1. The molecule has 0 N–H and O–H groups in total. The smallest absolute Gasteiger partial charge is 0.225 e. The molecule has 17 heavy (non-hydrogen) atoms. The maximum absolute atomic E-state index is 12.2. The molecule has 0 aliphatic carbocycles. The van der Waals surface area contributed by atoms with Gasteiger partial charge in [0.2, 0.25) is 5.91 Å². The van der Waals surface area contributed by atoms with Crippen LogP contribution in [0.3, 0.4) is 0 Å². The molecule has 0 bridgehead atoms. The second-order valence-corrected chi connectivity index (χ2v) is 5.96. The lowest BCUT2D eigenvalue weighted by Gasteiger charge is -2.41. The molecule has 3 unspecified atom stereocenters. The summed E-state index contributed by atoms with van der Waals surface area (Å²) < 4.78 is 0. The second-order valence-electron chi connectivity index (χ2n) is 5.96. The van der Waals surface area contributed by atoms with Gasteiger partial charge in [0.25, 0.3) is 0 Å². The Bertz CT molecular complexity index is 249. The molecule has 3 atom stereocenters. The minimum absolute atomic E-state index is 0.197. The van der Waals surface area contributed by atoms with E-state index in [4.69, 9.17) is 0 Å².